The Morgan fingerprint density at radius 1 is 0.875 bits per heavy atom. The van der Waals surface area contributed by atoms with Crippen molar-refractivity contribution in [3.8, 4) is 0 Å². The second kappa shape index (κ2) is 3.93. The molecule has 1 aliphatic heterocycles. The Kier molecular flexibility index (Phi) is 2.30. The molecule has 3 rings (SSSR count). The molecular weight excluding hydrogens is 194 g/mol. The van der Waals surface area contributed by atoms with E-state index in [1.54, 1.807) is 0 Å². The minimum Gasteiger partial charge on any atom is -0.292 e. The molecule has 1 aliphatic rings. The summed E-state index contributed by atoms with van der Waals surface area (Å²) < 4.78 is 0. The van der Waals surface area contributed by atoms with Crippen molar-refractivity contribution in [3.05, 3.63) is 71.3 Å². The lowest BCUT2D eigenvalue weighted by molar-refractivity contribution is 0.809. The Bertz CT molecular complexity index is 514. The van der Waals surface area contributed by atoms with Crippen LogP contribution >= 0.6 is 0 Å². The monoisotopic (exact) mass is 207 g/mol. The molecule has 16 heavy (non-hydrogen) atoms. The molecule has 1 unspecified atom stereocenters. The smallest absolute Gasteiger partial charge is 0.0499 e. The molecule has 0 saturated heterocycles. The van der Waals surface area contributed by atoms with Crippen molar-refractivity contribution in [2.75, 3.05) is 6.54 Å². The molecule has 1 nitrogen and oxygen atoms in total. The summed E-state index contributed by atoms with van der Waals surface area (Å²) in [5.74, 6) is 0.419. The molecule has 0 fully saturated rings. The van der Waals surface area contributed by atoms with Crippen molar-refractivity contribution >= 4 is 6.21 Å². The van der Waals surface area contributed by atoms with Gasteiger partial charge >= 0.3 is 0 Å². The van der Waals surface area contributed by atoms with Gasteiger partial charge in [-0.15, -0.1) is 0 Å². The largest absolute Gasteiger partial charge is 0.292 e. The molecule has 0 aliphatic carbocycles. The standard InChI is InChI=1S/C15H13N/c1-2-6-12(7-3-1)15-11-16-10-13-8-4-5-9-14(13)15/h1-10,15H,11H2. The number of fused-ring (bicyclic) bond motifs is 1. The maximum atomic E-state index is 4.45. The maximum absolute atomic E-state index is 4.45. The van der Waals surface area contributed by atoms with Crippen LogP contribution in [-0.4, -0.2) is 12.8 Å². The van der Waals surface area contributed by atoms with E-state index in [1.807, 2.05) is 6.21 Å². The number of nitrogens with zero attached hydrogens (tertiary/aromatic N) is 1. The molecule has 2 aromatic carbocycles. The van der Waals surface area contributed by atoms with Gasteiger partial charge in [-0.2, -0.15) is 0 Å². The molecule has 0 aromatic heterocycles. The zero-order valence-electron chi connectivity index (χ0n) is 9.01. The van der Waals surface area contributed by atoms with E-state index < -0.39 is 0 Å². The highest BCUT2D eigenvalue weighted by Gasteiger charge is 2.18. The quantitative estimate of drug-likeness (QED) is 0.680. The van der Waals surface area contributed by atoms with E-state index in [2.05, 4.69) is 59.6 Å². The van der Waals surface area contributed by atoms with E-state index in [-0.39, 0.29) is 0 Å². The Morgan fingerprint density at radius 3 is 2.50 bits per heavy atom. The molecule has 0 spiro atoms. The van der Waals surface area contributed by atoms with Gasteiger partial charge in [0.1, 0.15) is 0 Å². The van der Waals surface area contributed by atoms with E-state index in [4.69, 9.17) is 0 Å². The van der Waals surface area contributed by atoms with Gasteiger partial charge in [0.25, 0.3) is 0 Å². The zero-order valence-corrected chi connectivity index (χ0v) is 9.01. The number of rotatable bonds is 1. The predicted molar refractivity (Wildman–Crippen MR) is 67.2 cm³/mol. The molecule has 0 amide bonds. The van der Waals surface area contributed by atoms with Gasteiger partial charge in [0.05, 0.1) is 0 Å². The fourth-order valence-corrected chi connectivity index (χ4v) is 2.27. The predicted octanol–water partition coefficient (Wildman–Crippen LogP) is 3.25. The van der Waals surface area contributed by atoms with Crippen LogP contribution in [0.1, 0.15) is 22.6 Å². The lowest BCUT2D eigenvalue weighted by Crippen LogP contribution is -2.12. The molecule has 0 saturated carbocycles. The van der Waals surface area contributed by atoms with Crippen LogP contribution < -0.4 is 0 Å². The van der Waals surface area contributed by atoms with E-state index in [0.717, 1.165) is 6.54 Å². The maximum Gasteiger partial charge on any atom is 0.0499 e. The van der Waals surface area contributed by atoms with Crippen molar-refractivity contribution in [2.24, 2.45) is 4.99 Å². The third-order valence-electron chi connectivity index (χ3n) is 3.09. The highest BCUT2D eigenvalue weighted by molar-refractivity contribution is 5.83. The van der Waals surface area contributed by atoms with Crippen LogP contribution in [0.2, 0.25) is 0 Å². The first-order valence-electron chi connectivity index (χ1n) is 5.59. The molecular formula is C15H13N. The van der Waals surface area contributed by atoms with Gasteiger partial charge in [0, 0.05) is 18.7 Å². The lowest BCUT2D eigenvalue weighted by Gasteiger charge is -2.21. The summed E-state index contributed by atoms with van der Waals surface area (Å²) in [6.07, 6.45) is 1.98. The van der Waals surface area contributed by atoms with Crippen LogP contribution in [-0.2, 0) is 0 Å². The Labute approximate surface area is 95.5 Å². The van der Waals surface area contributed by atoms with Crippen LogP contribution in [0.15, 0.2) is 59.6 Å². The summed E-state index contributed by atoms with van der Waals surface area (Å²) in [5, 5.41) is 0. The van der Waals surface area contributed by atoms with Gasteiger partial charge in [-0.25, -0.2) is 0 Å². The molecule has 0 bridgehead atoms. The van der Waals surface area contributed by atoms with Gasteiger partial charge in [0.15, 0.2) is 0 Å². The Balaban J connectivity index is 2.09. The van der Waals surface area contributed by atoms with Crippen molar-refractivity contribution in [1.82, 2.24) is 0 Å². The van der Waals surface area contributed by atoms with Crippen molar-refractivity contribution < 1.29 is 0 Å². The minimum atomic E-state index is 0.419. The molecule has 1 atom stereocenters. The summed E-state index contributed by atoms with van der Waals surface area (Å²) in [7, 11) is 0. The molecule has 1 heteroatoms. The highest BCUT2D eigenvalue weighted by atomic mass is 14.7. The molecule has 0 N–H and O–H groups in total. The average molecular weight is 207 g/mol. The SMILES string of the molecule is C1=NCC(c2ccccc2)c2ccccc21. The van der Waals surface area contributed by atoms with Crippen LogP contribution in [0.3, 0.4) is 0 Å². The first kappa shape index (κ1) is 9.34. The van der Waals surface area contributed by atoms with Crippen LogP contribution in [0, 0.1) is 0 Å². The number of aliphatic imine (C=N–C) groups is 1. The van der Waals surface area contributed by atoms with E-state index in [1.165, 1.54) is 16.7 Å². The van der Waals surface area contributed by atoms with Crippen LogP contribution in [0.5, 0.6) is 0 Å². The summed E-state index contributed by atoms with van der Waals surface area (Å²) in [6.45, 7) is 0.862. The van der Waals surface area contributed by atoms with Crippen molar-refractivity contribution in [2.45, 2.75) is 5.92 Å². The fraction of sp³-hybridized carbons (Fsp3) is 0.133. The summed E-state index contributed by atoms with van der Waals surface area (Å²) in [4.78, 5) is 4.45. The Morgan fingerprint density at radius 2 is 1.62 bits per heavy atom. The first-order valence-corrected chi connectivity index (χ1v) is 5.59. The fourth-order valence-electron chi connectivity index (χ4n) is 2.27. The normalized spacial score (nSPS) is 18.1. The van der Waals surface area contributed by atoms with Crippen molar-refractivity contribution in [3.63, 3.8) is 0 Å². The van der Waals surface area contributed by atoms with Crippen LogP contribution in [0.25, 0.3) is 0 Å². The summed E-state index contributed by atoms with van der Waals surface area (Å²) in [5.41, 5.74) is 4.00. The van der Waals surface area contributed by atoms with Gasteiger partial charge in [-0.3, -0.25) is 4.99 Å². The molecule has 2 aromatic rings. The molecule has 78 valence electrons. The molecule has 0 radical (unpaired) electrons. The second-order valence-electron chi connectivity index (χ2n) is 4.09. The van der Waals surface area contributed by atoms with E-state index >= 15 is 0 Å². The summed E-state index contributed by atoms with van der Waals surface area (Å²) >= 11 is 0. The van der Waals surface area contributed by atoms with E-state index in [0.29, 0.717) is 5.92 Å². The number of hydrogen-bond donors (Lipinski definition) is 0. The highest BCUT2D eigenvalue weighted by Crippen LogP contribution is 2.29. The number of hydrogen-bond acceptors (Lipinski definition) is 1. The van der Waals surface area contributed by atoms with Gasteiger partial charge in [-0.05, 0) is 16.7 Å². The third-order valence-corrected chi connectivity index (χ3v) is 3.09. The first-order chi connectivity index (χ1) is 7.95. The van der Waals surface area contributed by atoms with Gasteiger partial charge in [-0.1, -0.05) is 54.6 Å². The topological polar surface area (TPSA) is 12.4 Å². The Hall–Kier alpha value is -1.89. The van der Waals surface area contributed by atoms with Gasteiger partial charge in [0.2, 0.25) is 0 Å². The molecule has 1 heterocycles. The van der Waals surface area contributed by atoms with Crippen LogP contribution in [0.4, 0.5) is 0 Å². The average Bonchev–Trinajstić information content (AvgIpc) is 2.39. The minimum absolute atomic E-state index is 0.419. The lowest BCUT2D eigenvalue weighted by atomic mass is 9.87. The second-order valence-corrected chi connectivity index (χ2v) is 4.09. The van der Waals surface area contributed by atoms with E-state index in [9.17, 15) is 0 Å². The van der Waals surface area contributed by atoms with Gasteiger partial charge < -0.3 is 0 Å². The third kappa shape index (κ3) is 1.54. The van der Waals surface area contributed by atoms with Crippen molar-refractivity contribution in [1.29, 1.82) is 0 Å². The zero-order chi connectivity index (χ0) is 10.8. The number of benzene rings is 2. The summed E-state index contributed by atoms with van der Waals surface area (Å²) in [6, 6.07) is 19.1.